The van der Waals surface area contributed by atoms with Crippen LogP contribution in [0.25, 0.3) is 0 Å². The number of halogens is 1. The lowest BCUT2D eigenvalue weighted by Gasteiger charge is -2.03. The average Bonchev–Trinajstić information content (AvgIpc) is 1.97. The van der Waals surface area contributed by atoms with Gasteiger partial charge in [0.05, 0.1) is 6.26 Å². The smallest absolute Gasteiger partial charge is 0.209 e. The molecule has 0 aliphatic carbocycles. The molecule has 5 heteroatoms. The summed E-state index contributed by atoms with van der Waals surface area (Å²) in [6.07, 6.45) is 1.07. The van der Waals surface area contributed by atoms with Crippen molar-refractivity contribution >= 4 is 10.0 Å². The van der Waals surface area contributed by atoms with Gasteiger partial charge in [0.1, 0.15) is 5.82 Å². The summed E-state index contributed by atoms with van der Waals surface area (Å²) in [6, 6.07) is 4.44. The second-order valence-electron chi connectivity index (χ2n) is 3.23. The van der Waals surface area contributed by atoms with Gasteiger partial charge in [0.2, 0.25) is 10.0 Å². The first kappa shape index (κ1) is 11.1. The van der Waals surface area contributed by atoms with E-state index in [2.05, 4.69) is 4.72 Å². The van der Waals surface area contributed by atoms with E-state index in [9.17, 15) is 12.8 Å². The summed E-state index contributed by atoms with van der Waals surface area (Å²) in [5.41, 5.74) is 1.39. The van der Waals surface area contributed by atoms with Crippen molar-refractivity contribution in [1.29, 1.82) is 0 Å². The molecule has 0 saturated carbocycles. The maximum atomic E-state index is 12.9. The highest BCUT2D eigenvalue weighted by atomic mass is 32.2. The molecular weight excluding hydrogens is 205 g/mol. The Morgan fingerprint density at radius 3 is 2.50 bits per heavy atom. The Kier molecular flexibility index (Phi) is 3.23. The summed E-state index contributed by atoms with van der Waals surface area (Å²) in [7, 11) is -3.22. The fraction of sp³-hybridized carbons (Fsp3) is 0.333. The van der Waals surface area contributed by atoms with Gasteiger partial charge in [0.25, 0.3) is 0 Å². The van der Waals surface area contributed by atoms with Gasteiger partial charge in [-0.05, 0) is 30.2 Å². The van der Waals surface area contributed by atoms with Crippen molar-refractivity contribution in [3.63, 3.8) is 0 Å². The molecule has 0 spiro atoms. The average molecular weight is 217 g/mol. The van der Waals surface area contributed by atoms with E-state index in [1.165, 1.54) is 12.1 Å². The van der Waals surface area contributed by atoms with Crippen molar-refractivity contribution < 1.29 is 12.8 Å². The number of aryl methyl sites for hydroxylation is 1. The number of hydrogen-bond donors (Lipinski definition) is 1. The third-order valence-electron chi connectivity index (χ3n) is 1.64. The van der Waals surface area contributed by atoms with Crippen LogP contribution < -0.4 is 4.72 Å². The molecule has 0 aliphatic heterocycles. The molecule has 0 aliphatic rings. The molecule has 0 bridgehead atoms. The monoisotopic (exact) mass is 217 g/mol. The summed E-state index contributed by atoms with van der Waals surface area (Å²) >= 11 is 0. The van der Waals surface area contributed by atoms with E-state index in [1.807, 2.05) is 0 Å². The van der Waals surface area contributed by atoms with Crippen molar-refractivity contribution in [3.8, 4) is 0 Å². The molecular formula is C9H12FNO2S. The van der Waals surface area contributed by atoms with Crippen LogP contribution >= 0.6 is 0 Å². The molecule has 0 aromatic heterocycles. The van der Waals surface area contributed by atoms with Crippen molar-refractivity contribution in [2.24, 2.45) is 0 Å². The van der Waals surface area contributed by atoms with E-state index in [0.717, 1.165) is 11.8 Å². The van der Waals surface area contributed by atoms with Gasteiger partial charge in [-0.15, -0.1) is 0 Å². The molecule has 0 unspecified atom stereocenters. The molecule has 0 saturated heterocycles. The molecule has 0 amide bonds. The fourth-order valence-electron chi connectivity index (χ4n) is 1.13. The van der Waals surface area contributed by atoms with E-state index in [0.29, 0.717) is 5.56 Å². The van der Waals surface area contributed by atoms with Gasteiger partial charge in [0.15, 0.2) is 0 Å². The van der Waals surface area contributed by atoms with Gasteiger partial charge in [-0.1, -0.05) is 6.07 Å². The summed E-state index contributed by atoms with van der Waals surface area (Å²) in [6.45, 7) is 1.88. The Labute approximate surface area is 83.0 Å². The van der Waals surface area contributed by atoms with Crippen molar-refractivity contribution in [1.82, 2.24) is 4.72 Å². The lowest BCUT2D eigenvalue weighted by atomic mass is 10.1. The quantitative estimate of drug-likeness (QED) is 0.826. The molecule has 3 nitrogen and oxygen atoms in total. The van der Waals surface area contributed by atoms with Crippen molar-refractivity contribution in [3.05, 3.63) is 35.1 Å². The minimum Gasteiger partial charge on any atom is -0.213 e. The second kappa shape index (κ2) is 4.06. The van der Waals surface area contributed by atoms with E-state index in [1.54, 1.807) is 13.0 Å². The zero-order valence-corrected chi connectivity index (χ0v) is 8.86. The minimum atomic E-state index is -3.22. The van der Waals surface area contributed by atoms with Gasteiger partial charge < -0.3 is 0 Å². The molecule has 1 aromatic rings. The molecule has 0 atom stereocenters. The van der Waals surface area contributed by atoms with Crippen molar-refractivity contribution in [2.45, 2.75) is 13.5 Å². The highest BCUT2D eigenvalue weighted by Crippen LogP contribution is 2.08. The molecule has 0 heterocycles. The largest absolute Gasteiger partial charge is 0.213 e. The molecule has 78 valence electrons. The first-order valence-corrected chi connectivity index (χ1v) is 5.97. The summed E-state index contributed by atoms with van der Waals surface area (Å²) in [4.78, 5) is 0. The van der Waals surface area contributed by atoms with Crippen LogP contribution in [0, 0.1) is 12.7 Å². The number of nitrogens with one attached hydrogen (secondary N) is 1. The number of hydrogen-bond acceptors (Lipinski definition) is 2. The second-order valence-corrected chi connectivity index (χ2v) is 5.06. The lowest BCUT2D eigenvalue weighted by Crippen LogP contribution is -2.21. The first-order chi connectivity index (χ1) is 6.37. The van der Waals surface area contributed by atoms with Crippen LogP contribution in [0.3, 0.4) is 0 Å². The molecule has 14 heavy (non-hydrogen) atoms. The van der Waals surface area contributed by atoms with Crippen LogP contribution in [0.2, 0.25) is 0 Å². The molecule has 1 aromatic carbocycles. The van der Waals surface area contributed by atoms with Crippen LogP contribution in [0.5, 0.6) is 0 Å². The summed E-state index contributed by atoms with van der Waals surface area (Å²) in [5, 5.41) is 0. The Hall–Kier alpha value is -0.940. The van der Waals surface area contributed by atoms with Gasteiger partial charge >= 0.3 is 0 Å². The standard InChI is InChI=1S/C9H12FNO2S/c1-7-3-8(5-9(10)4-7)6-11-14(2,12)13/h3-5,11H,6H2,1-2H3. The fourth-order valence-corrected chi connectivity index (χ4v) is 1.56. The first-order valence-electron chi connectivity index (χ1n) is 4.07. The van der Waals surface area contributed by atoms with Crippen LogP contribution in [-0.4, -0.2) is 14.7 Å². The maximum absolute atomic E-state index is 12.9. The van der Waals surface area contributed by atoms with Gasteiger partial charge in [-0.25, -0.2) is 17.5 Å². The van der Waals surface area contributed by atoms with Crippen molar-refractivity contribution in [2.75, 3.05) is 6.26 Å². The van der Waals surface area contributed by atoms with E-state index >= 15 is 0 Å². The van der Waals surface area contributed by atoms with Gasteiger partial charge in [-0.3, -0.25) is 0 Å². The van der Waals surface area contributed by atoms with Crippen LogP contribution in [-0.2, 0) is 16.6 Å². The van der Waals surface area contributed by atoms with Crippen LogP contribution in [0.15, 0.2) is 18.2 Å². The molecule has 1 rings (SSSR count). The van der Waals surface area contributed by atoms with Gasteiger partial charge in [0, 0.05) is 6.54 Å². The van der Waals surface area contributed by atoms with Crippen LogP contribution in [0.4, 0.5) is 4.39 Å². The predicted octanol–water partition coefficient (Wildman–Crippen LogP) is 1.18. The summed E-state index contributed by atoms with van der Waals surface area (Å²) < 4.78 is 36.7. The van der Waals surface area contributed by atoms with E-state index in [4.69, 9.17) is 0 Å². The highest BCUT2D eigenvalue weighted by molar-refractivity contribution is 7.88. The van der Waals surface area contributed by atoms with Crippen LogP contribution in [0.1, 0.15) is 11.1 Å². The SMILES string of the molecule is Cc1cc(F)cc(CNS(C)(=O)=O)c1. The third kappa shape index (κ3) is 3.85. The zero-order valence-electron chi connectivity index (χ0n) is 8.04. The minimum absolute atomic E-state index is 0.122. The highest BCUT2D eigenvalue weighted by Gasteiger charge is 2.02. The normalized spacial score (nSPS) is 11.6. The molecule has 1 N–H and O–H groups in total. The molecule has 0 fully saturated rings. The molecule has 0 radical (unpaired) electrons. The zero-order chi connectivity index (χ0) is 10.8. The predicted molar refractivity (Wildman–Crippen MR) is 52.8 cm³/mol. The number of rotatable bonds is 3. The van der Waals surface area contributed by atoms with E-state index < -0.39 is 10.0 Å². The Bertz CT molecular complexity index is 408. The topological polar surface area (TPSA) is 46.2 Å². The maximum Gasteiger partial charge on any atom is 0.209 e. The van der Waals surface area contributed by atoms with E-state index in [-0.39, 0.29) is 12.4 Å². The Balaban J connectivity index is 2.78. The lowest BCUT2D eigenvalue weighted by molar-refractivity contribution is 0.586. The van der Waals surface area contributed by atoms with Gasteiger partial charge in [-0.2, -0.15) is 0 Å². The Morgan fingerprint density at radius 2 is 2.00 bits per heavy atom. The Morgan fingerprint density at radius 1 is 1.36 bits per heavy atom. The third-order valence-corrected chi connectivity index (χ3v) is 2.31. The number of sulfonamides is 1. The number of benzene rings is 1. The summed E-state index contributed by atoms with van der Waals surface area (Å²) in [5.74, 6) is -0.352.